The summed E-state index contributed by atoms with van der Waals surface area (Å²) in [4.78, 5) is 15.1. The number of amides is 1. The van der Waals surface area contributed by atoms with Crippen LogP contribution in [-0.2, 0) is 24.4 Å². The van der Waals surface area contributed by atoms with Crippen LogP contribution in [0, 0.1) is 11.8 Å². The molecule has 7 heteroatoms. The number of benzene rings is 3. The number of nitrogens with zero attached hydrogens (tertiary/aromatic N) is 3. The molecular formula is C40H53N5O2. The Balaban J connectivity index is 0.834. The highest BCUT2D eigenvalue weighted by Gasteiger charge is 2.22. The Labute approximate surface area is 281 Å². The van der Waals surface area contributed by atoms with Crippen molar-refractivity contribution in [3.8, 4) is 11.1 Å². The van der Waals surface area contributed by atoms with E-state index in [0.717, 1.165) is 63.0 Å². The van der Waals surface area contributed by atoms with E-state index in [-0.39, 0.29) is 5.91 Å². The van der Waals surface area contributed by atoms with Gasteiger partial charge in [0.2, 0.25) is 0 Å². The smallest absolute Gasteiger partial charge is 0.251 e. The molecule has 2 aliphatic carbocycles. The minimum absolute atomic E-state index is 0.0276. The lowest BCUT2D eigenvalue weighted by molar-refractivity contribution is 0.0936. The molecule has 2 N–H and O–H groups in total. The third-order valence-corrected chi connectivity index (χ3v) is 9.81. The fraction of sp³-hybridized carbons (Fsp3) is 0.500. The van der Waals surface area contributed by atoms with Crippen LogP contribution >= 0.6 is 0 Å². The molecule has 0 saturated heterocycles. The molecule has 1 heterocycles. The van der Waals surface area contributed by atoms with Gasteiger partial charge in [0.05, 0.1) is 11.7 Å². The third-order valence-electron chi connectivity index (χ3n) is 9.81. The molecule has 0 unspecified atom stereocenters. The number of carbonyl (C=O) groups excluding carboxylic acids is 1. The second-order valence-electron chi connectivity index (χ2n) is 13.9. The van der Waals surface area contributed by atoms with E-state index in [1.165, 1.54) is 79.1 Å². The SMILES string of the molecule is CN(CCCOCCCNC(=O)c1ccc(CNCc2ccc(-c3ccc4c(cnn4CC4CC4)c3)cc2)cc1)CC1CCCCC1. The maximum Gasteiger partial charge on any atom is 0.251 e. The summed E-state index contributed by atoms with van der Waals surface area (Å²) < 4.78 is 7.97. The highest BCUT2D eigenvalue weighted by Crippen LogP contribution is 2.32. The van der Waals surface area contributed by atoms with Crippen molar-refractivity contribution < 1.29 is 9.53 Å². The molecule has 250 valence electrons. The summed E-state index contributed by atoms with van der Waals surface area (Å²) in [6.07, 6.45) is 13.6. The first-order valence-electron chi connectivity index (χ1n) is 18.0. The van der Waals surface area contributed by atoms with Crippen LogP contribution in [0.25, 0.3) is 22.0 Å². The standard InChI is InChI=1S/C40H53N5O2/c1-44(29-33-7-3-2-4-8-33)22-6-24-47-23-5-21-42-40(46)36-17-13-32(14-18-36)27-41-26-31-11-15-35(16-12-31)37-19-20-39-38(25-37)28-43-45(39)30-34-9-10-34/h11-20,25,28,33-34,41H,2-10,21-24,26-27,29-30H2,1H3,(H,42,46). The molecule has 47 heavy (non-hydrogen) atoms. The van der Waals surface area contributed by atoms with Crippen molar-refractivity contribution in [3.63, 3.8) is 0 Å². The topological polar surface area (TPSA) is 71.4 Å². The second kappa shape index (κ2) is 17.0. The van der Waals surface area contributed by atoms with Crippen LogP contribution in [0.4, 0.5) is 0 Å². The Morgan fingerprint density at radius 3 is 2.30 bits per heavy atom. The van der Waals surface area contributed by atoms with Gasteiger partial charge < -0.3 is 20.3 Å². The van der Waals surface area contributed by atoms with Gasteiger partial charge in [0, 0.05) is 63.4 Å². The molecule has 0 bridgehead atoms. The quantitative estimate of drug-likeness (QED) is 0.111. The van der Waals surface area contributed by atoms with Crippen LogP contribution in [0.1, 0.15) is 79.3 Å². The van der Waals surface area contributed by atoms with Crippen molar-refractivity contribution >= 4 is 16.8 Å². The summed E-state index contributed by atoms with van der Waals surface area (Å²) in [5.41, 5.74) is 6.76. The van der Waals surface area contributed by atoms with Gasteiger partial charge in [-0.05, 0) is 104 Å². The Hall–Kier alpha value is -3.52. The normalized spacial score (nSPS) is 15.4. The number of hydrogen-bond donors (Lipinski definition) is 2. The molecule has 0 spiro atoms. The zero-order valence-electron chi connectivity index (χ0n) is 28.3. The van der Waals surface area contributed by atoms with Crippen LogP contribution < -0.4 is 10.6 Å². The van der Waals surface area contributed by atoms with Gasteiger partial charge in [0.25, 0.3) is 5.91 Å². The summed E-state index contributed by atoms with van der Waals surface area (Å²) >= 11 is 0. The minimum Gasteiger partial charge on any atom is -0.381 e. The number of hydrogen-bond acceptors (Lipinski definition) is 5. The van der Waals surface area contributed by atoms with E-state index in [4.69, 9.17) is 4.74 Å². The summed E-state index contributed by atoms with van der Waals surface area (Å²) in [5, 5.41) is 12.4. The molecule has 2 aliphatic rings. The monoisotopic (exact) mass is 635 g/mol. The lowest BCUT2D eigenvalue weighted by atomic mass is 9.89. The van der Waals surface area contributed by atoms with Crippen molar-refractivity contribution in [1.82, 2.24) is 25.3 Å². The van der Waals surface area contributed by atoms with Gasteiger partial charge in [0.1, 0.15) is 0 Å². The molecule has 0 atom stereocenters. The number of carbonyl (C=O) groups is 1. The lowest BCUT2D eigenvalue weighted by Crippen LogP contribution is -2.28. The van der Waals surface area contributed by atoms with E-state index < -0.39 is 0 Å². The second-order valence-corrected chi connectivity index (χ2v) is 13.9. The van der Waals surface area contributed by atoms with Crippen molar-refractivity contribution in [2.45, 2.75) is 77.4 Å². The number of nitrogens with one attached hydrogen (secondary N) is 2. The molecule has 0 radical (unpaired) electrons. The van der Waals surface area contributed by atoms with E-state index >= 15 is 0 Å². The summed E-state index contributed by atoms with van der Waals surface area (Å²) in [5.74, 6) is 1.68. The van der Waals surface area contributed by atoms with E-state index in [9.17, 15) is 4.79 Å². The first-order chi connectivity index (χ1) is 23.1. The average Bonchev–Trinajstić information content (AvgIpc) is 3.84. The van der Waals surface area contributed by atoms with Crippen molar-refractivity contribution in [3.05, 3.63) is 89.6 Å². The fourth-order valence-corrected chi connectivity index (χ4v) is 6.82. The minimum atomic E-state index is -0.0276. The van der Waals surface area contributed by atoms with Gasteiger partial charge in [-0.3, -0.25) is 9.48 Å². The fourth-order valence-electron chi connectivity index (χ4n) is 6.82. The van der Waals surface area contributed by atoms with Crippen molar-refractivity contribution in [1.29, 1.82) is 0 Å². The highest BCUT2D eigenvalue weighted by atomic mass is 16.5. The molecule has 0 aliphatic heterocycles. The van der Waals surface area contributed by atoms with E-state index in [2.05, 4.69) is 74.8 Å². The van der Waals surface area contributed by atoms with Crippen molar-refractivity contribution in [2.75, 3.05) is 39.9 Å². The highest BCUT2D eigenvalue weighted by molar-refractivity contribution is 5.94. The largest absolute Gasteiger partial charge is 0.381 e. The first kappa shape index (κ1) is 33.4. The predicted molar refractivity (Wildman–Crippen MR) is 191 cm³/mol. The molecule has 4 aromatic rings. The van der Waals surface area contributed by atoms with Gasteiger partial charge in [-0.2, -0.15) is 5.10 Å². The molecule has 7 nitrogen and oxygen atoms in total. The maximum absolute atomic E-state index is 12.6. The van der Waals surface area contributed by atoms with Gasteiger partial charge in [-0.15, -0.1) is 0 Å². The van der Waals surface area contributed by atoms with E-state index in [0.29, 0.717) is 18.7 Å². The molecule has 2 saturated carbocycles. The number of aromatic nitrogens is 2. The summed E-state index contributed by atoms with van der Waals surface area (Å²) in [7, 11) is 2.24. The molecule has 6 rings (SSSR count). The van der Waals surface area contributed by atoms with Gasteiger partial charge in [-0.25, -0.2) is 0 Å². The Morgan fingerprint density at radius 1 is 0.851 bits per heavy atom. The Bertz CT molecular complexity index is 1540. The number of rotatable bonds is 18. The van der Waals surface area contributed by atoms with Crippen LogP contribution in [-0.4, -0.2) is 60.5 Å². The molecule has 1 amide bonds. The van der Waals surface area contributed by atoms with Gasteiger partial charge >= 0.3 is 0 Å². The number of fused-ring (bicyclic) bond motifs is 1. The first-order valence-corrected chi connectivity index (χ1v) is 18.0. The van der Waals surface area contributed by atoms with Crippen LogP contribution in [0.3, 0.4) is 0 Å². The van der Waals surface area contributed by atoms with Crippen LogP contribution in [0.5, 0.6) is 0 Å². The zero-order chi connectivity index (χ0) is 32.3. The van der Waals surface area contributed by atoms with Gasteiger partial charge in [0.15, 0.2) is 0 Å². The Kier molecular flexibility index (Phi) is 12.1. The molecular weight excluding hydrogens is 582 g/mol. The molecule has 3 aromatic carbocycles. The predicted octanol–water partition coefficient (Wildman–Crippen LogP) is 7.44. The van der Waals surface area contributed by atoms with E-state index in [1.807, 2.05) is 30.5 Å². The molecule has 1 aromatic heterocycles. The Morgan fingerprint density at radius 2 is 1.55 bits per heavy atom. The van der Waals surface area contributed by atoms with Crippen LogP contribution in [0.2, 0.25) is 0 Å². The average molecular weight is 636 g/mol. The van der Waals surface area contributed by atoms with Gasteiger partial charge in [-0.1, -0.05) is 61.7 Å². The van der Waals surface area contributed by atoms with Crippen LogP contribution in [0.15, 0.2) is 72.9 Å². The third kappa shape index (κ3) is 10.2. The summed E-state index contributed by atoms with van der Waals surface area (Å²) in [6.45, 7) is 6.99. The zero-order valence-corrected chi connectivity index (χ0v) is 28.3. The molecule has 2 fully saturated rings. The number of ether oxygens (including phenoxy) is 1. The summed E-state index contributed by atoms with van der Waals surface area (Å²) in [6, 6.07) is 23.3. The van der Waals surface area contributed by atoms with E-state index in [1.54, 1.807) is 0 Å². The maximum atomic E-state index is 12.6. The lowest BCUT2D eigenvalue weighted by Gasteiger charge is -2.26. The van der Waals surface area contributed by atoms with Crippen molar-refractivity contribution in [2.24, 2.45) is 11.8 Å².